The number of hydrogen-bond donors (Lipinski definition) is 1. The van der Waals surface area contributed by atoms with Crippen LogP contribution >= 0.6 is 0 Å². The predicted molar refractivity (Wildman–Crippen MR) is 112 cm³/mol. The molecule has 1 fully saturated rings. The maximum Gasteiger partial charge on any atom is 0.407 e. The third-order valence-electron chi connectivity index (χ3n) is 5.45. The predicted octanol–water partition coefficient (Wildman–Crippen LogP) is 4.27. The van der Waals surface area contributed by atoms with Gasteiger partial charge in [-0.1, -0.05) is 6.92 Å². The fourth-order valence-electron chi connectivity index (χ4n) is 3.80. The van der Waals surface area contributed by atoms with Crippen LogP contribution in [0.2, 0.25) is 0 Å². The van der Waals surface area contributed by atoms with Crippen LogP contribution in [0, 0.1) is 11.8 Å². The molecule has 0 bridgehead atoms. The van der Waals surface area contributed by atoms with E-state index in [9.17, 15) is 9.59 Å². The summed E-state index contributed by atoms with van der Waals surface area (Å²) in [7, 11) is 1.41. The Morgan fingerprint density at radius 3 is 2.59 bits per heavy atom. The van der Waals surface area contributed by atoms with Gasteiger partial charge in [0.05, 0.1) is 25.0 Å². The van der Waals surface area contributed by atoms with E-state index in [1.165, 1.54) is 32.8 Å². The molecule has 1 unspecified atom stereocenters. The Morgan fingerprint density at radius 1 is 1.28 bits per heavy atom. The fourth-order valence-corrected chi connectivity index (χ4v) is 3.80. The standard InChI is InChI=1S/C22H37N3O4/c1-16-8-10-19(11-9-16)25-14-18(24-15-25)13-17(20(26)28-5)7-6-12-23-21(27)29-22(2,3)4/h14-17,19H,6-13H2,1-5H3,(H,23,27). The van der Waals surface area contributed by atoms with Gasteiger partial charge in [0.25, 0.3) is 0 Å². The molecule has 0 aromatic carbocycles. The normalized spacial score (nSPS) is 20.7. The van der Waals surface area contributed by atoms with Gasteiger partial charge in [-0.15, -0.1) is 0 Å². The summed E-state index contributed by atoms with van der Waals surface area (Å²) in [5.74, 6) is 0.311. The Balaban J connectivity index is 1.83. The van der Waals surface area contributed by atoms with Crippen molar-refractivity contribution in [2.75, 3.05) is 13.7 Å². The Morgan fingerprint density at radius 2 is 1.97 bits per heavy atom. The maximum absolute atomic E-state index is 12.2. The highest BCUT2D eigenvalue weighted by Gasteiger charge is 2.23. The smallest absolute Gasteiger partial charge is 0.407 e. The van der Waals surface area contributed by atoms with Crippen LogP contribution in [0.3, 0.4) is 0 Å². The van der Waals surface area contributed by atoms with Gasteiger partial charge in [0.15, 0.2) is 0 Å². The zero-order valence-corrected chi connectivity index (χ0v) is 18.6. The maximum atomic E-state index is 12.2. The molecule has 29 heavy (non-hydrogen) atoms. The Kier molecular flexibility index (Phi) is 8.53. The van der Waals surface area contributed by atoms with E-state index in [1.54, 1.807) is 0 Å². The van der Waals surface area contributed by atoms with Gasteiger partial charge >= 0.3 is 12.1 Å². The number of rotatable bonds is 8. The van der Waals surface area contributed by atoms with Crippen LogP contribution in [0.25, 0.3) is 0 Å². The lowest BCUT2D eigenvalue weighted by molar-refractivity contribution is -0.145. The van der Waals surface area contributed by atoms with E-state index < -0.39 is 11.7 Å². The molecule has 1 aliphatic carbocycles. The molecule has 164 valence electrons. The molecule has 1 saturated carbocycles. The van der Waals surface area contributed by atoms with Crippen molar-refractivity contribution in [1.29, 1.82) is 0 Å². The molecule has 1 atom stereocenters. The molecule has 1 aliphatic rings. The van der Waals surface area contributed by atoms with Gasteiger partial charge in [0, 0.05) is 25.2 Å². The number of ether oxygens (including phenoxy) is 2. The highest BCUT2D eigenvalue weighted by molar-refractivity contribution is 5.72. The van der Waals surface area contributed by atoms with Crippen LogP contribution in [0.15, 0.2) is 12.5 Å². The van der Waals surface area contributed by atoms with Gasteiger partial charge in [0.2, 0.25) is 0 Å². The number of nitrogens with zero attached hydrogens (tertiary/aromatic N) is 2. The summed E-state index contributed by atoms with van der Waals surface area (Å²) in [4.78, 5) is 28.5. The molecule has 1 heterocycles. The molecule has 7 nitrogen and oxygen atoms in total. The number of methoxy groups -OCH3 is 1. The molecule has 1 aromatic heterocycles. The molecule has 1 N–H and O–H groups in total. The van der Waals surface area contributed by atoms with Gasteiger partial charge in [-0.05, 0) is 65.2 Å². The molecule has 7 heteroatoms. The van der Waals surface area contributed by atoms with Crippen molar-refractivity contribution >= 4 is 12.1 Å². The minimum Gasteiger partial charge on any atom is -0.469 e. The summed E-state index contributed by atoms with van der Waals surface area (Å²) < 4.78 is 12.4. The number of alkyl carbamates (subject to hydrolysis) is 1. The quantitative estimate of drug-likeness (QED) is 0.514. The van der Waals surface area contributed by atoms with Crippen LogP contribution in [0.5, 0.6) is 0 Å². The fraction of sp³-hybridized carbons (Fsp3) is 0.773. The lowest BCUT2D eigenvalue weighted by atomic mass is 9.87. The summed E-state index contributed by atoms with van der Waals surface area (Å²) in [6, 6.07) is 0.516. The number of carbonyl (C=O) groups excluding carboxylic acids is 2. The first-order valence-corrected chi connectivity index (χ1v) is 10.7. The highest BCUT2D eigenvalue weighted by atomic mass is 16.6. The second-order valence-electron chi connectivity index (χ2n) is 9.22. The van der Waals surface area contributed by atoms with E-state index in [0.29, 0.717) is 31.8 Å². The summed E-state index contributed by atoms with van der Waals surface area (Å²) >= 11 is 0. The molecule has 1 aromatic rings. The van der Waals surface area contributed by atoms with E-state index in [2.05, 4.69) is 28.0 Å². The lowest BCUT2D eigenvalue weighted by Gasteiger charge is -2.26. The molecular weight excluding hydrogens is 370 g/mol. The van der Waals surface area contributed by atoms with Crippen molar-refractivity contribution < 1.29 is 19.1 Å². The summed E-state index contributed by atoms with van der Waals surface area (Å²) in [5, 5.41) is 2.73. The van der Waals surface area contributed by atoms with Crippen molar-refractivity contribution in [3.8, 4) is 0 Å². The SMILES string of the molecule is COC(=O)C(CCCNC(=O)OC(C)(C)C)Cc1cn(C2CCC(C)CC2)cn1. The second-order valence-corrected chi connectivity index (χ2v) is 9.22. The summed E-state index contributed by atoms with van der Waals surface area (Å²) in [5.41, 5.74) is 0.396. The van der Waals surface area contributed by atoms with Crippen LogP contribution in [-0.2, 0) is 20.7 Å². The molecule has 0 saturated heterocycles. The van der Waals surface area contributed by atoms with Crippen LogP contribution in [0.1, 0.15) is 78.0 Å². The van der Waals surface area contributed by atoms with Crippen LogP contribution in [0.4, 0.5) is 4.79 Å². The first-order valence-electron chi connectivity index (χ1n) is 10.7. The lowest BCUT2D eigenvalue weighted by Crippen LogP contribution is -2.33. The van der Waals surface area contributed by atoms with Gasteiger partial charge in [-0.3, -0.25) is 4.79 Å². The molecule has 0 aliphatic heterocycles. The Bertz CT molecular complexity index is 657. The third-order valence-corrected chi connectivity index (χ3v) is 5.45. The number of amides is 1. The minimum atomic E-state index is -0.520. The largest absolute Gasteiger partial charge is 0.469 e. The third kappa shape index (κ3) is 8.07. The van der Waals surface area contributed by atoms with Crippen LogP contribution in [-0.4, -0.2) is 40.9 Å². The first kappa shape index (κ1) is 23.2. The molecule has 2 rings (SSSR count). The topological polar surface area (TPSA) is 82.5 Å². The van der Waals surface area contributed by atoms with Crippen molar-refractivity contribution in [1.82, 2.24) is 14.9 Å². The van der Waals surface area contributed by atoms with E-state index in [0.717, 1.165) is 11.6 Å². The van der Waals surface area contributed by atoms with Gasteiger partial charge in [-0.25, -0.2) is 9.78 Å². The zero-order chi connectivity index (χ0) is 21.4. The van der Waals surface area contributed by atoms with Gasteiger partial charge in [-0.2, -0.15) is 0 Å². The zero-order valence-electron chi connectivity index (χ0n) is 18.6. The van der Waals surface area contributed by atoms with E-state index in [-0.39, 0.29) is 11.9 Å². The van der Waals surface area contributed by atoms with Crippen molar-refractivity contribution in [3.63, 3.8) is 0 Å². The van der Waals surface area contributed by atoms with E-state index in [1.807, 2.05) is 27.1 Å². The number of nitrogens with one attached hydrogen (secondary N) is 1. The van der Waals surface area contributed by atoms with E-state index >= 15 is 0 Å². The number of aromatic nitrogens is 2. The average molecular weight is 408 g/mol. The van der Waals surface area contributed by atoms with Gasteiger partial charge in [0.1, 0.15) is 5.60 Å². The molecule has 1 amide bonds. The van der Waals surface area contributed by atoms with E-state index in [4.69, 9.17) is 9.47 Å². The molecule has 0 radical (unpaired) electrons. The summed E-state index contributed by atoms with van der Waals surface area (Å²) in [6.45, 7) is 8.25. The van der Waals surface area contributed by atoms with Crippen molar-refractivity contribution in [3.05, 3.63) is 18.2 Å². The number of esters is 1. The Labute approximate surface area is 174 Å². The first-order chi connectivity index (χ1) is 13.7. The minimum absolute atomic E-state index is 0.233. The number of carbonyl (C=O) groups is 2. The highest BCUT2D eigenvalue weighted by Crippen LogP contribution is 2.32. The van der Waals surface area contributed by atoms with Gasteiger partial charge < -0.3 is 19.4 Å². The van der Waals surface area contributed by atoms with Crippen molar-refractivity contribution in [2.24, 2.45) is 11.8 Å². The molecular formula is C22H37N3O4. The van der Waals surface area contributed by atoms with Crippen LogP contribution < -0.4 is 5.32 Å². The molecule has 0 spiro atoms. The Hall–Kier alpha value is -2.05. The summed E-state index contributed by atoms with van der Waals surface area (Å²) in [6.07, 6.45) is 10.3. The second kappa shape index (κ2) is 10.6. The monoisotopic (exact) mass is 407 g/mol. The van der Waals surface area contributed by atoms with Crippen molar-refractivity contribution in [2.45, 2.75) is 84.3 Å². The number of imidazole rings is 1. The average Bonchev–Trinajstić information content (AvgIpc) is 3.11. The number of hydrogen-bond acceptors (Lipinski definition) is 5.